The third-order valence-electron chi connectivity index (χ3n) is 2.56. The summed E-state index contributed by atoms with van der Waals surface area (Å²) in [7, 11) is 0. The van der Waals surface area contributed by atoms with Crippen LogP contribution >= 0.6 is 0 Å². The molecule has 1 unspecified atom stereocenters. The molecule has 19 heavy (non-hydrogen) atoms. The predicted molar refractivity (Wildman–Crippen MR) is 77.1 cm³/mol. The van der Waals surface area contributed by atoms with Crippen molar-refractivity contribution in [3.63, 3.8) is 0 Å². The molecule has 3 nitrogen and oxygen atoms in total. The molecule has 0 heterocycles. The summed E-state index contributed by atoms with van der Waals surface area (Å²) in [5.41, 5.74) is 1.70. The molecule has 1 atom stereocenters. The van der Waals surface area contributed by atoms with E-state index in [1.165, 1.54) is 12.1 Å². The minimum absolute atomic E-state index is 0.164. The molecule has 0 saturated heterocycles. The van der Waals surface area contributed by atoms with Crippen molar-refractivity contribution >= 4 is 17.3 Å². The van der Waals surface area contributed by atoms with Crippen molar-refractivity contribution in [3.05, 3.63) is 65.1 Å². The van der Waals surface area contributed by atoms with E-state index in [0.717, 1.165) is 5.56 Å². The lowest BCUT2D eigenvalue weighted by molar-refractivity contribution is 0.403. The molecule has 2 aromatic carbocycles. The first-order valence-electron chi connectivity index (χ1n) is 5.76. The van der Waals surface area contributed by atoms with Crippen LogP contribution in [0.15, 0.2) is 53.9 Å². The summed E-state index contributed by atoms with van der Waals surface area (Å²) in [5, 5.41) is 20.1. The van der Waals surface area contributed by atoms with Gasteiger partial charge in [-0.1, -0.05) is 36.4 Å². The Labute approximate surface area is 115 Å². The van der Waals surface area contributed by atoms with Crippen LogP contribution in [0.4, 0.5) is 0 Å². The van der Waals surface area contributed by atoms with Crippen LogP contribution in [-0.4, -0.2) is 14.8 Å². The van der Waals surface area contributed by atoms with Gasteiger partial charge in [0.05, 0.1) is 0 Å². The van der Waals surface area contributed by atoms with E-state index in [4.69, 9.17) is 0 Å². The fourth-order valence-corrected chi connectivity index (χ4v) is 2.51. The van der Waals surface area contributed by atoms with Crippen LogP contribution in [0.25, 0.3) is 6.08 Å². The van der Waals surface area contributed by atoms with E-state index >= 15 is 0 Å². The molecular weight excluding hydrogens is 260 g/mol. The average Bonchev–Trinajstić information content (AvgIpc) is 2.41. The fraction of sp³-hybridized carbons (Fsp3) is 0.0667. The van der Waals surface area contributed by atoms with Crippen LogP contribution in [0.1, 0.15) is 11.1 Å². The maximum Gasteiger partial charge on any atom is 0.157 e. The maximum absolute atomic E-state index is 11.9. The van der Waals surface area contributed by atoms with E-state index in [2.05, 4.69) is 0 Å². The Morgan fingerprint density at radius 3 is 2.42 bits per heavy atom. The third-order valence-corrected chi connectivity index (χ3v) is 3.62. The zero-order valence-electron chi connectivity index (χ0n) is 10.2. The van der Waals surface area contributed by atoms with Gasteiger partial charge in [-0.2, -0.15) is 0 Å². The van der Waals surface area contributed by atoms with Crippen LogP contribution < -0.4 is 0 Å². The molecule has 98 valence electrons. The van der Waals surface area contributed by atoms with Gasteiger partial charge in [-0.05, 0) is 34.9 Å². The number of hydrogen-bond donors (Lipinski definition) is 2. The highest BCUT2D eigenvalue weighted by atomic mass is 32.2. The van der Waals surface area contributed by atoms with E-state index in [1.807, 2.05) is 30.3 Å². The summed E-state index contributed by atoms with van der Waals surface area (Å²) >= 11 is -1.11. The monoisotopic (exact) mass is 274 g/mol. The maximum atomic E-state index is 11.9. The van der Waals surface area contributed by atoms with E-state index in [9.17, 15) is 14.8 Å². The quantitative estimate of drug-likeness (QED) is 0.665. The second-order valence-corrected chi connectivity index (χ2v) is 5.38. The van der Waals surface area contributed by atoms with E-state index in [-0.39, 0.29) is 11.5 Å². The highest BCUT2D eigenvalue weighted by molar-refractivity contribution is 7.93. The number of hydrogen-bond acceptors (Lipinski definition) is 3. The van der Waals surface area contributed by atoms with E-state index < -0.39 is 11.2 Å². The molecule has 0 fully saturated rings. The highest BCUT2D eigenvalue weighted by Crippen LogP contribution is 2.25. The first-order chi connectivity index (χ1) is 9.15. The molecule has 0 aliphatic carbocycles. The third kappa shape index (κ3) is 4.05. The zero-order valence-corrected chi connectivity index (χ0v) is 11.0. The summed E-state index contributed by atoms with van der Waals surface area (Å²) in [5.74, 6) is 0.111. The van der Waals surface area contributed by atoms with Crippen molar-refractivity contribution in [1.29, 1.82) is 0 Å². The summed E-state index contributed by atoms with van der Waals surface area (Å²) in [6.45, 7) is 0. The van der Waals surface area contributed by atoms with Crippen LogP contribution in [-0.2, 0) is 16.9 Å². The molecule has 4 heteroatoms. The second-order valence-electron chi connectivity index (χ2n) is 4.06. The largest absolute Gasteiger partial charge is 0.612 e. The van der Waals surface area contributed by atoms with Crippen molar-refractivity contribution in [1.82, 2.24) is 0 Å². The lowest BCUT2D eigenvalue weighted by Gasteiger charge is -2.05. The number of rotatable bonds is 4. The standard InChI is InChI=1S/C15H14O3S/c16-14-7-6-12(10-15(14)17)8-9-19(18)11-13-4-2-1-3-5-13/h1-10,16-17H,11H2/b9-8+. The molecule has 0 aliphatic heterocycles. The van der Waals surface area contributed by atoms with E-state index in [1.54, 1.807) is 17.6 Å². The molecule has 0 radical (unpaired) electrons. The van der Waals surface area contributed by atoms with Crippen molar-refractivity contribution < 1.29 is 14.8 Å². The Bertz CT molecular complexity index is 567. The van der Waals surface area contributed by atoms with Crippen LogP contribution in [0.2, 0.25) is 0 Å². The van der Waals surface area contributed by atoms with Crippen LogP contribution in [0.5, 0.6) is 11.5 Å². The summed E-state index contributed by atoms with van der Waals surface area (Å²) in [6, 6.07) is 14.1. The number of phenols is 2. The molecule has 0 spiro atoms. The average molecular weight is 274 g/mol. The molecule has 2 aromatic rings. The normalized spacial score (nSPS) is 12.7. The fourth-order valence-electron chi connectivity index (χ4n) is 1.59. The Hall–Kier alpha value is -1.91. The van der Waals surface area contributed by atoms with Gasteiger partial charge in [0.15, 0.2) is 11.5 Å². The minimum Gasteiger partial charge on any atom is -0.612 e. The predicted octanol–water partition coefficient (Wildman–Crippen LogP) is 3.02. The summed E-state index contributed by atoms with van der Waals surface area (Å²) < 4.78 is 11.9. The number of phenolic OH excluding ortho intramolecular Hbond substituents is 2. The zero-order chi connectivity index (χ0) is 13.7. The van der Waals surface area contributed by atoms with Crippen molar-refractivity contribution in [2.24, 2.45) is 0 Å². The molecule has 0 amide bonds. The molecule has 2 rings (SSSR count). The molecule has 2 N–H and O–H groups in total. The smallest absolute Gasteiger partial charge is 0.157 e. The van der Waals surface area contributed by atoms with Gasteiger partial charge >= 0.3 is 0 Å². The van der Waals surface area contributed by atoms with Gasteiger partial charge in [0.25, 0.3) is 0 Å². The second kappa shape index (κ2) is 6.31. The Morgan fingerprint density at radius 1 is 1.00 bits per heavy atom. The SMILES string of the molecule is [O-][S+](/C=C/c1ccc(O)c(O)c1)Cc1ccccc1. The number of benzene rings is 2. The Balaban J connectivity index is 2.00. The Kier molecular flexibility index (Phi) is 4.49. The van der Waals surface area contributed by atoms with Gasteiger partial charge in [0, 0.05) is 5.56 Å². The Morgan fingerprint density at radius 2 is 1.74 bits per heavy atom. The molecule has 0 aromatic heterocycles. The highest BCUT2D eigenvalue weighted by Gasteiger charge is 2.04. The first-order valence-corrected chi connectivity index (χ1v) is 7.14. The van der Waals surface area contributed by atoms with Gasteiger partial charge in [0.1, 0.15) is 11.2 Å². The lowest BCUT2D eigenvalue weighted by Crippen LogP contribution is -1.99. The van der Waals surface area contributed by atoms with Gasteiger partial charge in [0.2, 0.25) is 0 Å². The summed E-state index contributed by atoms with van der Waals surface area (Å²) in [6.07, 6.45) is 1.66. The molecular formula is C15H14O3S. The molecule has 0 saturated carbocycles. The van der Waals surface area contributed by atoms with Crippen LogP contribution in [0, 0.1) is 0 Å². The molecule has 0 bridgehead atoms. The van der Waals surface area contributed by atoms with Gasteiger partial charge < -0.3 is 14.8 Å². The van der Waals surface area contributed by atoms with Gasteiger partial charge in [-0.3, -0.25) is 0 Å². The van der Waals surface area contributed by atoms with Crippen molar-refractivity contribution in [2.45, 2.75) is 5.75 Å². The van der Waals surface area contributed by atoms with Gasteiger partial charge in [-0.25, -0.2) is 0 Å². The summed E-state index contributed by atoms with van der Waals surface area (Å²) in [4.78, 5) is 0. The topological polar surface area (TPSA) is 63.5 Å². The van der Waals surface area contributed by atoms with Gasteiger partial charge in [-0.15, -0.1) is 0 Å². The molecule has 0 aliphatic rings. The minimum atomic E-state index is -1.11. The van der Waals surface area contributed by atoms with Crippen molar-refractivity contribution in [2.75, 3.05) is 0 Å². The van der Waals surface area contributed by atoms with E-state index in [0.29, 0.717) is 11.3 Å². The van der Waals surface area contributed by atoms with Crippen molar-refractivity contribution in [3.8, 4) is 11.5 Å². The lowest BCUT2D eigenvalue weighted by atomic mass is 10.2. The first kappa shape index (κ1) is 13.5. The van der Waals surface area contributed by atoms with Crippen LogP contribution in [0.3, 0.4) is 0 Å². The number of aromatic hydroxyl groups is 2.